The van der Waals surface area contributed by atoms with Gasteiger partial charge in [-0.05, 0) is 86.3 Å². The molecule has 0 saturated carbocycles. The first-order valence-electron chi connectivity index (χ1n) is 19.4. The summed E-state index contributed by atoms with van der Waals surface area (Å²) in [5.74, 6) is 1.80. The molecule has 0 spiro atoms. The lowest BCUT2D eigenvalue weighted by atomic mass is 9.97. The second-order valence-corrected chi connectivity index (χ2v) is 14.8. The van der Waals surface area contributed by atoms with Crippen molar-refractivity contribution in [2.45, 2.75) is 0 Å². The Kier molecular flexibility index (Phi) is 7.16. The highest BCUT2D eigenvalue weighted by atomic mass is 16.3. The molecule has 0 fully saturated rings. The van der Waals surface area contributed by atoms with Crippen molar-refractivity contribution in [3.63, 3.8) is 0 Å². The van der Waals surface area contributed by atoms with Crippen molar-refractivity contribution in [1.29, 1.82) is 0 Å². The van der Waals surface area contributed by atoms with Crippen LogP contribution in [0.2, 0.25) is 0 Å². The van der Waals surface area contributed by atoms with Crippen LogP contribution in [0.15, 0.2) is 197 Å². The number of fused-ring (bicyclic) bond motifs is 9. The Morgan fingerprint density at radius 1 is 0.276 bits per heavy atom. The van der Waals surface area contributed by atoms with Crippen LogP contribution in [0.25, 0.3) is 122 Å². The Balaban J connectivity index is 0.973. The number of hydrogen-bond acceptors (Lipinski definition) is 5. The quantitative estimate of drug-likeness (QED) is 0.176. The third kappa shape index (κ3) is 5.29. The van der Waals surface area contributed by atoms with Gasteiger partial charge in [0.05, 0.1) is 0 Å². The van der Waals surface area contributed by atoms with Gasteiger partial charge in [0.2, 0.25) is 0 Å². The maximum atomic E-state index is 6.28. The maximum Gasteiger partial charge on any atom is 0.164 e. The van der Waals surface area contributed by atoms with E-state index in [1.165, 1.54) is 21.9 Å². The highest BCUT2D eigenvalue weighted by Gasteiger charge is 2.18. The molecule has 3 heterocycles. The smallest absolute Gasteiger partial charge is 0.164 e. The molecule has 58 heavy (non-hydrogen) atoms. The van der Waals surface area contributed by atoms with Crippen molar-refractivity contribution in [3.8, 4) is 56.4 Å². The van der Waals surface area contributed by atoms with Crippen LogP contribution in [-0.4, -0.2) is 15.0 Å². The highest BCUT2D eigenvalue weighted by molar-refractivity contribution is 6.19. The zero-order valence-corrected chi connectivity index (χ0v) is 31.1. The van der Waals surface area contributed by atoms with E-state index < -0.39 is 0 Å². The van der Waals surface area contributed by atoms with E-state index >= 15 is 0 Å². The van der Waals surface area contributed by atoms with Gasteiger partial charge >= 0.3 is 0 Å². The molecule has 12 aromatic rings. The van der Waals surface area contributed by atoms with Crippen LogP contribution in [0.3, 0.4) is 0 Å². The van der Waals surface area contributed by atoms with Crippen LogP contribution in [-0.2, 0) is 0 Å². The number of para-hydroxylation sites is 2. The minimum atomic E-state index is 0.591. The summed E-state index contributed by atoms with van der Waals surface area (Å²) in [6.45, 7) is 0. The Morgan fingerprint density at radius 2 is 0.776 bits per heavy atom. The van der Waals surface area contributed by atoms with Crippen molar-refractivity contribution >= 4 is 65.4 Å². The number of hydrogen-bond donors (Lipinski definition) is 0. The first-order valence-corrected chi connectivity index (χ1v) is 19.4. The molecule has 3 aromatic heterocycles. The molecule has 0 saturated heterocycles. The van der Waals surface area contributed by atoms with Gasteiger partial charge in [0, 0.05) is 38.2 Å². The minimum Gasteiger partial charge on any atom is -0.456 e. The topological polar surface area (TPSA) is 65.0 Å². The number of furan rings is 2. The molecule has 0 aliphatic carbocycles. The molecule has 0 bridgehead atoms. The molecule has 9 aromatic carbocycles. The zero-order chi connectivity index (χ0) is 38.2. The summed E-state index contributed by atoms with van der Waals surface area (Å²) in [7, 11) is 0. The number of rotatable bonds is 5. The summed E-state index contributed by atoms with van der Waals surface area (Å²) in [6.07, 6.45) is 0. The summed E-state index contributed by atoms with van der Waals surface area (Å²) in [5, 5.41) is 8.91. The van der Waals surface area contributed by atoms with Crippen LogP contribution < -0.4 is 0 Å². The number of nitrogens with zero attached hydrogens (tertiary/aromatic N) is 3. The SMILES string of the molecule is c1ccc(-c2ccc3cc(-c4nc(-c5ccc(-c6ccc7c(ccc8oc9ccccc9c87)c6)cc5)nc(-c5cccc6oc7ccccc7c56)n4)ccc3c2)cc1. The van der Waals surface area contributed by atoms with Crippen LogP contribution in [0, 0.1) is 0 Å². The lowest BCUT2D eigenvalue weighted by Gasteiger charge is -2.11. The minimum absolute atomic E-state index is 0.591. The Labute approximate surface area is 332 Å². The summed E-state index contributed by atoms with van der Waals surface area (Å²) in [5.41, 5.74) is 10.8. The third-order valence-electron chi connectivity index (χ3n) is 11.3. The second-order valence-electron chi connectivity index (χ2n) is 14.8. The van der Waals surface area contributed by atoms with Gasteiger partial charge in [0.1, 0.15) is 22.3 Å². The van der Waals surface area contributed by atoms with Gasteiger partial charge in [-0.2, -0.15) is 0 Å². The molecule has 0 atom stereocenters. The highest BCUT2D eigenvalue weighted by Crippen LogP contribution is 2.39. The fourth-order valence-electron chi connectivity index (χ4n) is 8.46. The van der Waals surface area contributed by atoms with Gasteiger partial charge in [-0.25, -0.2) is 15.0 Å². The number of aromatic nitrogens is 3. The fraction of sp³-hybridized carbons (Fsp3) is 0. The van der Waals surface area contributed by atoms with E-state index in [9.17, 15) is 0 Å². The molecular weight excluding hydrogens is 711 g/mol. The van der Waals surface area contributed by atoms with Crippen LogP contribution >= 0.6 is 0 Å². The fourth-order valence-corrected chi connectivity index (χ4v) is 8.46. The van der Waals surface area contributed by atoms with Gasteiger partial charge in [-0.15, -0.1) is 0 Å². The van der Waals surface area contributed by atoms with Gasteiger partial charge in [0.25, 0.3) is 0 Å². The van der Waals surface area contributed by atoms with Gasteiger partial charge in [-0.1, -0.05) is 146 Å². The molecule has 0 radical (unpaired) electrons. The van der Waals surface area contributed by atoms with E-state index in [2.05, 4.69) is 140 Å². The predicted molar refractivity (Wildman–Crippen MR) is 237 cm³/mol. The van der Waals surface area contributed by atoms with Gasteiger partial charge in [-0.3, -0.25) is 0 Å². The summed E-state index contributed by atoms with van der Waals surface area (Å²) in [4.78, 5) is 15.5. The average molecular weight is 742 g/mol. The van der Waals surface area contributed by atoms with E-state index in [4.69, 9.17) is 23.8 Å². The van der Waals surface area contributed by atoms with E-state index in [1.807, 2.05) is 48.5 Å². The Hall–Kier alpha value is -7.89. The Bertz CT molecular complexity index is 3570. The maximum absolute atomic E-state index is 6.28. The van der Waals surface area contributed by atoms with E-state index in [0.29, 0.717) is 17.5 Å². The van der Waals surface area contributed by atoms with Crippen LogP contribution in [0.4, 0.5) is 0 Å². The van der Waals surface area contributed by atoms with Crippen molar-refractivity contribution in [1.82, 2.24) is 15.0 Å². The molecule has 0 amide bonds. The van der Waals surface area contributed by atoms with Gasteiger partial charge in [0.15, 0.2) is 17.5 Å². The molecule has 5 heteroatoms. The van der Waals surface area contributed by atoms with Crippen LogP contribution in [0.1, 0.15) is 0 Å². The monoisotopic (exact) mass is 741 g/mol. The Morgan fingerprint density at radius 3 is 1.53 bits per heavy atom. The molecule has 0 unspecified atom stereocenters. The molecule has 0 N–H and O–H groups in total. The lowest BCUT2D eigenvalue weighted by molar-refractivity contribution is 0.668. The van der Waals surface area contributed by atoms with E-state index in [0.717, 1.165) is 82.5 Å². The van der Waals surface area contributed by atoms with E-state index in [1.54, 1.807) is 0 Å². The molecule has 0 aliphatic rings. The largest absolute Gasteiger partial charge is 0.456 e. The standard InChI is InChI=1S/C53H31N3O2/c1-2-9-32(10-3-1)35-21-22-38-31-40(24-23-37(38)29-35)52-54-51(55-53(56-52)44-13-8-16-47-50(44)43-12-5-7-15-46(43)57-47)34-19-17-33(18-20-34)36-25-27-41-39(30-36)26-28-48-49(41)42-11-4-6-14-45(42)58-48/h1-31H. The zero-order valence-electron chi connectivity index (χ0n) is 31.1. The first-order chi connectivity index (χ1) is 28.7. The van der Waals surface area contributed by atoms with Crippen molar-refractivity contribution < 1.29 is 8.83 Å². The lowest BCUT2D eigenvalue weighted by Crippen LogP contribution is -2.00. The predicted octanol–water partition coefficient (Wildman–Crippen LogP) is 14.3. The number of benzene rings is 9. The second kappa shape index (κ2) is 12.8. The molecule has 5 nitrogen and oxygen atoms in total. The molecular formula is C53H31N3O2. The van der Waals surface area contributed by atoms with Crippen LogP contribution in [0.5, 0.6) is 0 Å². The normalized spacial score (nSPS) is 11.8. The summed E-state index contributed by atoms with van der Waals surface area (Å²) in [6, 6.07) is 65.3. The van der Waals surface area contributed by atoms with Crippen molar-refractivity contribution in [2.24, 2.45) is 0 Å². The summed E-state index contributed by atoms with van der Waals surface area (Å²) < 4.78 is 12.4. The third-order valence-corrected chi connectivity index (χ3v) is 11.3. The van der Waals surface area contributed by atoms with Crippen molar-refractivity contribution in [3.05, 3.63) is 188 Å². The van der Waals surface area contributed by atoms with E-state index in [-0.39, 0.29) is 0 Å². The molecule has 270 valence electrons. The average Bonchev–Trinajstić information content (AvgIpc) is 3.88. The molecule has 0 aliphatic heterocycles. The van der Waals surface area contributed by atoms with Crippen molar-refractivity contribution in [2.75, 3.05) is 0 Å². The molecule has 12 rings (SSSR count). The first kappa shape index (κ1) is 32.4. The van der Waals surface area contributed by atoms with Gasteiger partial charge < -0.3 is 8.83 Å². The summed E-state index contributed by atoms with van der Waals surface area (Å²) >= 11 is 0.